The summed E-state index contributed by atoms with van der Waals surface area (Å²) in [6, 6.07) is 6.53. The van der Waals surface area contributed by atoms with Gasteiger partial charge in [0.1, 0.15) is 6.54 Å². The van der Waals surface area contributed by atoms with Crippen LogP contribution in [0.4, 0.5) is 11.4 Å². The number of pyridine rings is 2. The topological polar surface area (TPSA) is 105 Å². The summed E-state index contributed by atoms with van der Waals surface area (Å²) in [5.41, 5.74) is 0.961. The average Bonchev–Trinajstić information content (AvgIpc) is 3.08. The van der Waals surface area contributed by atoms with Crippen molar-refractivity contribution in [2.75, 3.05) is 23.3 Å². The van der Waals surface area contributed by atoms with Gasteiger partial charge in [-0.15, -0.1) is 0 Å². The number of rotatable bonds is 5. The third-order valence-corrected chi connectivity index (χ3v) is 4.13. The molecule has 8 heteroatoms. The molecule has 0 unspecified atom stereocenters. The van der Waals surface area contributed by atoms with Crippen LogP contribution in [0.15, 0.2) is 47.7 Å². The van der Waals surface area contributed by atoms with Crippen molar-refractivity contribution in [3.05, 3.63) is 53.2 Å². The number of hydrogen-bond acceptors (Lipinski definition) is 5. The number of carbonyl (C=O) groups excluding carboxylic acids is 1. The third-order valence-electron chi connectivity index (χ3n) is 4.13. The van der Waals surface area contributed by atoms with Crippen LogP contribution in [0, 0.1) is 5.92 Å². The summed E-state index contributed by atoms with van der Waals surface area (Å²) >= 11 is 0. The number of aliphatic carboxylic acids is 1. The van der Waals surface area contributed by atoms with E-state index < -0.39 is 18.1 Å². The lowest BCUT2D eigenvalue weighted by atomic mass is 10.1. The Bertz CT molecular complexity index is 834. The monoisotopic (exact) mass is 342 g/mol. The number of carboxylic acids is 1. The molecule has 25 heavy (non-hydrogen) atoms. The zero-order chi connectivity index (χ0) is 17.8. The Labute approximate surface area is 143 Å². The number of aromatic nitrogens is 2. The lowest BCUT2D eigenvalue weighted by Crippen LogP contribution is -2.28. The van der Waals surface area contributed by atoms with Gasteiger partial charge < -0.3 is 19.9 Å². The predicted octanol–water partition coefficient (Wildman–Crippen LogP) is 0.793. The van der Waals surface area contributed by atoms with Gasteiger partial charge in [-0.25, -0.2) is 0 Å². The lowest BCUT2D eigenvalue weighted by Gasteiger charge is -2.18. The molecule has 0 bridgehead atoms. The van der Waals surface area contributed by atoms with Gasteiger partial charge in [0.25, 0.3) is 5.56 Å². The average molecular weight is 342 g/mol. The van der Waals surface area contributed by atoms with E-state index >= 15 is 0 Å². The van der Waals surface area contributed by atoms with Crippen molar-refractivity contribution in [1.82, 2.24) is 9.55 Å². The minimum absolute atomic E-state index is 0.146. The maximum atomic E-state index is 12.5. The summed E-state index contributed by atoms with van der Waals surface area (Å²) in [5.74, 6) is -1.44. The molecule has 1 amide bonds. The van der Waals surface area contributed by atoms with E-state index in [1.54, 1.807) is 12.4 Å². The number of carbonyl (C=O) groups is 2. The number of nitrogens with one attached hydrogen (secondary N) is 1. The second-order valence-electron chi connectivity index (χ2n) is 5.91. The fourth-order valence-electron chi connectivity index (χ4n) is 2.87. The Hall–Kier alpha value is -3.16. The van der Waals surface area contributed by atoms with E-state index in [0.717, 1.165) is 23.2 Å². The molecule has 1 aliphatic rings. The largest absolute Gasteiger partial charge is 0.480 e. The molecule has 3 rings (SSSR count). The van der Waals surface area contributed by atoms with Crippen LogP contribution < -0.4 is 15.8 Å². The summed E-state index contributed by atoms with van der Waals surface area (Å²) < 4.78 is 1.05. The van der Waals surface area contributed by atoms with E-state index in [1.165, 1.54) is 18.3 Å². The molecule has 2 aromatic heterocycles. The van der Waals surface area contributed by atoms with Gasteiger partial charge in [0.05, 0.1) is 23.5 Å². The summed E-state index contributed by atoms with van der Waals surface area (Å²) in [6.45, 7) is 0.912. The Morgan fingerprint density at radius 2 is 2.16 bits per heavy atom. The molecule has 8 nitrogen and oxygen atoms in total. The maximum Gasteiger partial charge on any atom is 0.323 e. The van der Waals surface area contributed by atoms with Crippen molar-refractivity contribution in [3.63, 3.8) is 0 Å². The quantitative estimate of drug-likeness (QED) is 0.832. The van der Waals surface area contributed by atoms with Gasteiger partial charge in [-0.05, 0) is 24.6 Å². The van der Waals surface area contributed by atoms with Crippen LogP contribution in [-0.2, 0) is 16.1 Å². The number of amides is 1. The van der Waals surface area contributed by atoms with Crippen molar-refractivity contribution >= 4 is 23.3 Å². The fourth-order valence-corrected chi connectivity index (χ4v) is 2.87. The van der Waals surface area contributed by atoms with Crippen LogP contribution in [-0.4, -0.2) is 39.6 Å². The molecule has 2 aromatic rings. The molecule has 0 aliphatic carbocycles. The SMILES string of the molecule is O=C(O)Cn1cc(NC(=O)[C@H]2CCN(c3cccnc3)C2)ccc1=O. The van der Waals surface area contributed by atoms with Crippen molar-refractivity contribution in [1.29, 1.82) is 0 Å². The molecule has 0 saturated carbocycles. The summed E-state index contributed by atoms with van der Waals surface area (Å²) in [7, 11) is 0. The van der Waals surface area contributed by atoms with E-state index in [1.807, 2.05) is 12.1 Å². The molecule has 130 valence electrons. The first-order valence-corrected chi connectivity index (χ1v) is 7.91. The number of nitrogens with zero attached hydrogens (tertiary/aromatic N) is 3. The third kappa shape index (κ3) is 4.03. The molecule has 0 radical (unpaired) electrons. The summed E-state index contributed by atoms with van der Waals surface area (Å²) in [6.07, 6.45) is 5.54. The molecule has 1 aliphatic heterocycles. The normalized spacial score (nSPS) is 16.6. The van der Waals surface area contributed by atoms with Crippen LogP contribution in [0.2, 0.25) is 0 Å². The Morgan fingerprint density at radius 3 is 2.88 bits per heavy atom. The molecule has 0 aromatic carbocycles. The molecular formula is C17H18N4O4. The first-order valence-electron chi connectivity index (χ1n) is 7.91. The first-order chi connectivity index (χ1) is 12.0. The standard InChI is InChI=1S/C17H18N4O4/c22-15-4-3-13(10-21(15)11-16(23)24)19-17(25)12-5-7-20(9-12)14-2-1-6-18-8-14/h1-4,6,8,10,12H,5,7,9,11H2,(H,19,25)(H,23,24)/t12-/m0/s1. The summed E-state index contributed by atoms with van der Waals surface area (Å²) in [5, 5.41) is 11.6. The van der Waals surface area contributed by atoms with Crippen LogP contribution in [0.1, 0.15) is 6.42 Å². The van der Waals surface area contributed by atoms with Crippen LogP contribution >= 0.6 is 0 Å². The Balaban J connectivity index is 1.65. The van der Waals surface area contributed by atoms with Crippen LogP contribution in [0.25, 0.3) is 0 Å². The van der Waals surface area contributed by atoms with Crippen molar-refractivity contribution in [3.8, 4) is 0 Å². The number of anilines is 2. The van der Waals surface area contributed by atoms with Gasteiger partial charge in [0, 0.05) is 31.5 Å². The van der Waals surface area contributed by atoms with Crippen LogP contribution in [0.5, 0.6) is 0 Å². The zero-order valence-corrected chi connectivity index (χ0v) is 13.5. The van der Waals surface area contributed by atoms with Crippen LogP contribution in [0.3, 0.4) is 0 Å². The first kappa shape index (κ1) is 16.7. The highest BCUT2D eigenvalue weighted by molar-refractivity contribution is 5.93. The molecule has 0 spiro atoms. The van der Waals surface area contributed by atoms with Gasteiger partial charge in [0.15, 0.2) is 0 Å². The smallest absolute Gasteiger partial charge is 0.323 e. The minimum Gasteiger partial charge on any atom is -0.480 e. The Morgan fingerprint density at radius 1 is 1.32 bits per heavy atom. The molecule has 1 fully saturated rings. The zero-order valence-electron chi connectivity index (χ0n) is 13.5. The molecule has 1 saturated heterocycles. The predicted molar refractivity (Wildman–Crippen MR) is 91.5 cm³/mol. The molecular weight excluding hydrogens is 324 g/mol. The number of hydrogen-bond donors (Lipinski definition) is 2. The number of carboxylic acid groups (broad SMARTS) is 1. The van der Waals surface area contributed by atoms with E-state index in [0.29, 0.717) is 12.2 Å². The molecule has 2 N–H and O–H groups in total. The van der Waals surface area contributed by atoms with E-state index in [4.69, 9.17) is 5.11 Å². The molecule has 1 atom stereocenters. The van der Waals surface area contributed by atoms with E-state index in [2.05, 4.69) is 15.2 Å². The van der Waals surface area contributed by atoms with E-state index in [-0.39, 0.29) is 11.8 Å². The Kier molecular flexibility index (Phi) is 4.78. The molecule has 3 heterocycles. The van der Waals surface area contributed by atoms with Gasteiger partial charge in [-0.2, -0.15) is 0 Å². The minimum atomic E-state index is -1.12. The van der Waals surface area contributed by atoms with Gasteiger partial charge in [0.2, 0.25) is 5.91 Å². The maximum absolute atomic E-state index is 12.5. The second-order valence-corrected chi connectivity index (χ2v) is 5.91. The fraction of sp³-hybridized carbons (Fsp3) is 0.294. The van der Waals surface area contributed by atoms with Crippen molar-refractivity contribution < 1.29 is 14.7 Å². The van der Waals surface area contributed by atoms with Gasteiger partial charge in [-0.1, -0.05) is 0 Å². The highest BCUT2D eigenvalue weighted by Crippen LogP contribution is 2.23. The van der Waals surface area contributed by atoms with Crippen molar-refractivity contribution in [2.45, 2.75) is 13.0 Å². The van der Waals surface area contributed by atoms with E-state index in [9.17, 15) is 14.4 Å². The highest BCUT2D eigenvalue weighted by atomic mass is 16.4. The second kappa shape index (κ2) is 7.16. The lowest BCUT2D eigenvalue weighted by molar-refractivity contribution is -0.137. The van der Waals surface area contributed by atoms with Gasteiger partial charge >= 0.3 is 5.97 Å². The van der Waals surface area contributed by atoms with Gasteiger partial charge in [-0.3, -0.25) is 19.4 Å². The van der Waals surface area contributed by atoms with Crippen molar-refractivity contribution in [2.24, 2.45) is 5.92 Å². The highest BCUT2D eigenvalue weighted by Gasteiger charge is 2.28. The summed E-state index contributed by atoms with van der Waals surface area (Å²) in [4.78, 5) is 41.0.